The summed E-state index contributed by atoms with van der Waals surface area (Å²) in [5.74, 6) is 0.874. The highest BCUT2D eigenvalue weighted by molar-refractivity contribution is 5.55. The van der Waals surface area contributed by atoms with Crippen molar-refractivity contribution >= 4 is 6.29 Å². The van der Waals surface area contributed by atoms with E-state index in [1.807, 2.05) is 45.0 Å². The van der Waals surface area contributed by atoms with Crippen molar-refractivity contribution < 1.29 is 14.3 Å². The number of methoxy groups -OCH3 is 1. The third kappa shape index (κ3) is 8.36. The number of carbonyl (C=O) groups excluding carboxylic acids is 1. The number of carbonyl (C=O) groups is 1. The lowest BCUT2D eigenvalue weighted by Gasteiger charge is -2.30. The highest BCUT2D eigenvalue weighted by atomic mass is 16.5. The summed E-state index contributed by atoms with van der Waals surface area (Å²) in [4.78, 5) is 10.3. The molecule has 0 aliphatic rings. The minimum Gasteiger partial charge on any atom is -0.488 e. The van der Waals surface area contributed by atoms with Gasteiger partial charge in [0.25, 0.3) is 0 Å². The maximum Gasteiger partial charge on any atom is 0.124 e. The maximum atomic E-state index is 10.3. The van der Waals surface area contributed by atoms with Gasteiger partial charge in [-0.2, -0.15) is 0 Å². The zero-order chi connectivity index (χ0) is 26.3. The molecule has 0 spiro atoms. The van der Waals surface area contributed by atoms with Crippen LogP contribution in [0.4, 0.5) is 0 Å². The molecule has 0 aromatic heterocycles. The van der Waals surface area contributed by atoms with Crippen molar-refractivity contribution in [3.8, 4) is 5.75 Å². The molecule has 0 heterocycles. The van der Waals surface area contributed by atoms with Crippen molar-refractivity contribution in [1.82, 2.24) is 0 Å². The topological polar surface area (TPSA) is 35.5 Å². The number of benzene rings is 3. The third-order valence-electron chi connectivity index (χ3n) is 5.98. The molecule has 0 aliphatic carbocycles. The Morgan fingerprint density at radius 1 is 0.686 bits per heavy atom. The smallest absolute Gasteiger partial charge is 0.124 e. The van der Waals surface area contributed by atoms with Gasteiger partial charge in [-0.25, -0.2) is 0 Å². The zero-order valence-electron chi connectivity index (χ0n) is 22.9. The fourth-order valence-corrected chi connectivity index (χ4v) is 3.71. The molecule has 0 saturated carbocycles. The van der Waals surface area contributed by atoms with Gasteiger partial charge in [0.15, 0.2) is 0 Å². The molecule has 0 radical (unpaired) electrons. The number of hydrogen-bond donors (Lipinski definition) is 0. The molecule has 0 fully saturated rings. The Labute approximate surface area is 212 Å². The summed E-state index contributed by atoms with van der Waals surface area (Å²) in [6.45, 7) is 16.9. The Balaban J connectivity index is 0.000000283. The van der Waals surface area contributed by atoms with Crippen LogP contribution >= 0.6 is 0 Å². The standard InChI is InChI=1S/C20H26O2.C12H16O/c1-15-7-9-16(10-8-15)20(5,21-6)17-11-13-18(14-12-17)22-19(2,3)4;1-12(2,3)11-6-4-10(5-7-11)8-9-13/h7-14H,1-6H3;4-7,9H,8H2,1-3H3. The van der Waals surface area contributed by atoms with E-state index in [1.165, 1.54) is 11.1 Å². The highest BCUT2D eigenvalue weighted by Gasteiger charge is 2.28. The van der Waals surface area contributed by atoms with Crippen molar-refractivity contribution in [2.75, 3.05) is 7.11 Å². The molecule has 188 valence electrons. The lowest BCUT2D eigenvalue weighted by Crippen LogP contribution is -2.26. The van der Waals surface area contributed by atoms with E-state index in [0.717, 1.165) is 28.7 Å². The summed E-state index contributed by atoms with van der Waals surface area (Å²) in [6, 6.07) is 24.9. The molecular formula is C32H42O3. The monoisotopic (exact) mass is 474 g/mol. The van der Waals surface area contributed by atoms with Crippen LogP contribution in [0, 0.1) is 6.92 Å². The van der Waals surface area contributed by atoms with Crippen LogP contribution in [-0.4, -0.2) is 19.0 Å². The minimum absolute atomic E-state index is 0.191. The fourth-order valence-electron chi connectivity index (χ4n) is 3.71. The average molecular weight is 475 g/mol. The molecule has 1 atom stereocenters. The van der Waals surface area contributed by atoms with Gasteiger partial charge in [-0.1, -0.05) is 87.0 Å². The second-order valence-corrected chi connectivity index (χ2v) is 11.2. The van der Waals surface area contributed by atoms with Crippen LogP contribution in [-0.2, 0) is 27.0 Å². The molecule has 35 heavy (non-hydrogen) atoms. The molecule has 3 rings (SSSR count). The van der Waals surface area contributed by atoms with Crippen LogP contribution in [0.5, 0.6) is 5.75 Å². The first-order valence-corrected chi connectivity index (χ1v) is 12.2. The first-order valence-electron chi connectivity index (χ1n) is 12.2. The van der Waals surface area contributed by atoms with Gasteiger partial charge in [-0.05, 0) is 74.4 Å². The SMILES string of the molecule is CC(C)(C)c1ccc(CC=O)cc1.COC(C)(c1ccc(C)cc1)c1ccc(OC(C)(C)C)cc1. The molecule has 3 aromatic carbocycles. The first-order chi connectivity index (χ1) is 16.3. The van der Waals surface area contributed by atoms with Crippen molar-refractivity contribution in [2.24, 2.45) is 0 Å². The average Bonchev–Trinajstić information content (AvgIpc) is 2.79. The first kappa shape index (κ1) is 28.3. The van der Waals surface area contributed by atoms with Gasteiger partial charge in [0, 0.05) is 13.5 Å². The number of aldehydes is 1. The minimum atomic E-state index is -0.464. The molecule has 0 saturated heterocycles. The summed E-state index contributed by atoms with van der Waals surface area (Å²) < 4.78 is 11.7. The second kappa shape index (κ2) is 11.7. The predicted molar refractivity (Wildman–Crippen MR) is 146 cm³/mol. The van der Waals surface area contributed by atoms with Crippen molar-refractivity contribution in [3.05, 3.63) is 101 Å². The molecule has 0 bridgehead atoms. The van der Waals surface area contributed by atoms with E-state index in [0.29, 0.717) is 6.42 Å². The molecule has 3 heteroatoms. The zero-order valence-corrected chi connectivity index (χ0v) is 22.9. The third-order valence-corrected chi connectivity index (χ3v) is 5.98. The summed E-state index contributed by atoms with van der Waals surface area (Å²) in [5, 5.41) is 0. The van der Waals surface area contributed by atoms with Crippen LogP contribution in [0.15, 0.2) is 72.8 Å². The summed E-state index contributed by atoms with van der Waals surface area (Å²) >= 11 is 0. The summed E-state index contributed by atoms with van der Waals surface area (Å²) in [7, 11) is 1.75. The Kier molecular flexibility index (Phi) is 9.45. The molecule has 0 aliphatic heterocycles. The predicted octanol–water partition coefficient (Wildman–Crippen LogP) is 7.81. The summed E-state index contributed by atoms with van der Waals surface area (Å²) in [6.07, 6.45) is 1.45. The Hall–Kier alpha value is -2.91. The summed E-state index contributed by atoms with van der Waals surface area (Å²) in [5.41, 5.74) is 5.43. The maximum absolute atomic E-state index is 10.3. The van der Waals surface area contributed by atoms with E-state index in [1.54, 1.807) is 7.11 Å². The van der Waals surface area contributed by atoms with Crippen molar-refractivity contribution in [3.63, 3.8) is 0 Å². The lowest BCUT2D eigenvalue weighted by molar-refractivity contribution is -0.107. The van der Waals surface area contributed by atoms with Crippen LogP contribution in [0.1, 0.15) is 76.3 Å². The molecule has 3 nitrogen and oxygen atoms in total. The quantitative estimate of drug-likeness (QED) is 0.342. The number of ether oxygens (including phenoxy) is 2. The highest BCUT2D eigenvalue weighted by Crippen LogP contribution is 2.34. The van der Waals surface area contributed by atoms with Gasteiger partial charge in [0.1, 0.15) is 23.2 Å². The van der Waals surface area contributed by atoms with E-state index >= 15 is 0 Å². The Bertz CT molecular complexity index is 1050. The van der Waals surface area contributed by atoms with Crippen LogP contribution in [0.2, 0.25) is 0 Å². The molecule has 3 aromatic rings. The molecular weight excluding hydrogens is 432 g/mol. The van der Waals surface area contributed by atoms with Crippen LogP contribution in [0.25, 0.3) is 0 Å². The molecule has 1 unspecified atom stereocenters. The van der Waals surface area contributed by atoms with Crippen molar-refractivity contribution in [1.29, 1.82) is 0 Å². The van der Waals surface area contributed by atoms with Crippen LogP contribution < -0.4 is 4.74 Å². The lowest BCUT2D eigenvalue weighted by atomic mass is 9.86. The van der Waals surface area contributed by atoms with Gasteiger partial charge in [0.05, 0.1) is 0 Å². The second-order valence-electron chi connectivity index (χ2n) is 11.2. The van der Waals surface area contributed by atoms with Gasteiger partial charge in [-0.15, -0.1) is 0 Å². The normalized spacial score (nSPS) is 13.3. The van der Waals surface area contributed by atoms with Gasteiger partial charge < -0.3 is 14.3 Å². The van der Waals surface area contributed by atoms with Gasteiger partial charge in [-0.3, -0.25) is 0 Å². The molecule has 0 N–H and O–H groups in total. The van der Waals surface area contributed by atoms with E-state index in [-0.39, 0.29) is 11.0 Å². The van der Waals surface area contributed by atoms with Gasteiger partial charge >= 0.3 is 0 Å². The fraction of sp³-hybridized carbons (Fsp3) is 0.406. The number of rotatable bonds is 6. The van der Waals surface area contributed by atoms with Gasteiger partial charge in [0.2, 0.25) is 0 Å². The van der Waals surface area contributed by atoms with Crippen molar-refractivity contribution in [2.45, 2.75) is 78.4 Å². The van der Waals surface area contributed by atoms with E-state index in [2.05, 4.69) is 83.1 Å². The largest absolute Gasteiger partial charge is 0.488 e. The van der Waals surface area contributed by atoms with E-state index < -0.39 is 5.60 Å². The number of aryl methyl sites for hydroxylation is 1. The molecule has 0 amide bonds. The van der Waals surface area contributed by atoms with Crippen LogP contribution in [0.3, 0.4) is 0 Å². The Morgan fingerprint density at radius 3 is 1.54 bits per heavy atom. The van der Waals surface area contributed by atoms with E-state index in [9.17, 15) is 4.79 Å². The Morgan fingerprint density at radius 2 is 1.14 bits per heavy atom. The number of hydrogen-bond acceptors (Lipinski definition) is 3. The van der Waals surface area contributed by atoms with E-state index in [4.69, 9.17) is 9.47 Å².